The lowest BCUT2D eigenvalue weighted by Crippen LogP contribution is -2.24. The van der Waals surface area contributed by atoms with Crippen LogP contribution in [0.4, 0.5) is 5.69 Å². The molecule has 0 aliphatic rings. The minimum absolute atomic E-state index is 0.0883. The highest BCUT2D eigenvalue weighted by atomic mass is 16.5. The second-order valence-electron chi connectivity index (χ2n) is 6.89. The van der Waals surface area contributed by atoms with E-state index in [9.17, 15) is 14.4 Å². The van der Waals surface area contributed by atoms with Gasteiger partial charge in [0, 0.05) is 16.5 Å². The van der Waals surface area contributed by atoms with Crippen molar-refractivity contribution in [1.29, 1.82) is 0 Å². The Morgan fingerprint density at radius 1 is 0.871 bits per heavy atom. The predicted molar refractivity (Wildman–Crippen MR) is 118 cm³/mol. The van der Waals surface area contributed by atoms with Crippen LogP contribution in [0.25, 0.3) is 21.8 Å². The molecule has 0 unspecified atom stereocenters. The molecule has 0 radical (unpaired) electrons. The van der Waals surface area contributed by atoms with E-state index in [0.717, 1.165) is 0 Å². The molecule has 7 heteroatoms. The molecular formula is C24H20N2O5. The van der Waals surface area contributed by atoms with Gasteiger partial charge in [-0.15, -0.1) is 0 Å². The minimum atomic E-state index is -0.580. The number of pyridine rings is 1. The highest BCUT2D eigenvalue weighted by molar-refractivity contribution is 5.95. The number of hydrogen-bond donors (Lipinski definition) is 1. The molecule has 1 aromatic heterocycles. The molecule has 3 aromatic carbocycles. The highest BCUT2D eigenvalue weighted by Crippen LogP contribution is 2.19. The average molecular weight is 416 g/mol. The number of amides is 1. The molecule has 4 rings (SSSR count). The number of ether oxygens (including phenoxy) is 2. The number of esters is 1. The summed E-state index contributed by atoms with van der Waals surface area (Å²) < 4.78 is 12.0. The summed E-state index contributed by atoms with van der Waals surface area (Å²) in [5.74, 6) is -0.359. The molecule has 156 valence electrons. The van der Waals surface area contributed by atoms with Gasteiger partial charge in [0.05, 0.1) is 18.1 Å². The first-order valence-electron chi connectivity index (χ1n) is 9.66. The van der Waals surface area contributed by atoms with Crippen LogP contribution in [0.15, 0.2) is 77.6 Å². The summed E-state index contributed by atoms with van der Waals surface area (Å²) in [7, 11) is 1.56. The first-order valence-corrected chi connectivity index (χ1v) is 9.66. The monoisotopic (exact) mass is 416 g/mol. The van der Waals surface area contributed by atoms with Crippen LogP contribution >= 0.6 is 0 Å². The summed E-state index contributed by atoms with van der Waals surface area (Å²) in [6.07, 6.45) is 0. The molecule has 0 fully saturated rings. The Hall–Kier alpha value is -4.13. The molecular weight excluding hydrogens is 396 g/mol. The normalized spacial score (nSPS) is 10.7. The van der Waals surface area contributed by atoms with Crippen molar-refractivity contribution in [3.05, 3.63) is 83.0 Å². The van der Waals surface area contributed by atoms with E-state index in [-0.39, 0.29) is 12.0 Å². The number of nitrogens with one attached hydrogen (secondary N) is 1. The fourth-order valence-electron chi connectivity index (χ4n) is 3.44. The number of anilines is 1. The first kappa shape index (κ1) is 20.2. The van der Waals surface area contributed by atoms with Gasteiger partial charge in [0.25, 0.3) is 5.91 Å². The smallest absolute Gasteiger partial charge is 0.326 e. The van der Waals surface area contributed by atoms with E-state index in [2.05, 4.69) is 5.32 Å². The van der Waals surface area contributed by atoms with Crippen LogP contribution in [0.1, 0.15) is 0 Å². The largest absolute Gasteiger partial charge is 0.497 e. The van der Waals surface area contributed by atoms with Crippen molar-refractivity contribution in [1.82, 2.24) is 4.57 Å². The lowest BCUT2D eigenvalue weighted by Gasteiger charge is -2.14. The summed E-state index contributed by atoms with van der Waals surface area (Å²) in [6.45, 7) is -0.544. The number of nitrogens with zero attached hydrogens (tertiary/aromatic N) is 1. The summed E-state index contributed by atoms with van der Waals surface area (Å²) in [5.41, 5.74) is 1.74. The lowest BCUT2D eigenvalue weighted by molar-refractivity contribution is -0.147. The van der Waals surface area contributed by atoms with Crippen molar-refractivity contribution < 1.29 is 19.1 Å². The summed E-state index contributed by atoms with van der Waals surface area (Å²) >= 11 is 0. The molecule has 0 aliphatic carbocycles. The Bertz CT molecular complexity index is 1270. The third-order valence-electron chi connectivity index (χ3n) is 4.90. The Morgan fingerprint density at radius 3 is 2.03 bits per heavy atom. The Labute approximate surface area is 177 Å². The number of rotatable bonds is 6. The molecule has 7 nitrogen and oxygen atoms in total. The van der Waals surface area contributed by atoms with E-state index < -0.39 is 18.5 Å². The zero-order chi connectivity index (χ0) is 21.8. The summed E-state index contributed by atoms with van der Waals surface area (Å²) in [6, 6.07) is 21.0. The van der Waals surface area contributed by atoms with Gasteiger partial charge in [0.15, 0.2) is 12.0 Å². The molecule has 1 amide bonds. The fourth-order valence-corrected chi connectivity index (χ4v) is 3.44. The van der Waals surface area contributed by atoms with E-state index in [1.54, 1.807) is 84.5 Å². The van der Waals surface area contributed by atoms with Gasteiger partial charge in [0.1, 0.15) is 12.3 Å². The summed E-state index contributed by atoms with van der Waals surface area (Å²) in [5, 5.41) is 3.70. The van der Waals surface area contributed by atoms with Crippen LogP contribution in [0.2, 0.25) is 0 Å². The first-order chi connectivity index (χ1) is 15.1. The van der Waals surface area contributed by atoms with Gasteiger partial charge in [-0.3, -0.25) is 14.4 Å². The number of methoxy groups -OCH3 is 1. The zero-order valence-corrected chi connectivity index (χ0v) is 16.8. The number of hydrogen-bond acceptors (Lipinski definition) is 5. The zero-order valence-electron chi connectivity index (χ0n) is 16.8. The molecule has 0 saturated heterocycles. The van der Waals surface area contributed by atoms with Crippen molar-refractivity contribution in [2.45, 2.75) is 6.54 Å². The third-order valence-corrected chi connectivity index (χ3v) is 4.90. The molecule has 1 N–H and O–H groups in total. The predicted octanol–water partition coefficient (Wildman–Crippen LogP) is 3.35. The van der Waals surface area contributed by atoms with E-state index in [4.69, 9.17) is 9.47 Å². The number of fused-ring (bicyclic) bond motifs is 2. The topological polar surface area (TPSA) is 86.6 Å². The van der Waals surface area contributed by atoms with Crippen LogP contribution in [0, 0.1) is 0 Å². The number of carbonyl (C=O) groups is 2. The van der Waals surface area contributed by atoms with Crippen molar-refractivity contribution in [3.63, 3.8) is 0 Å². The fraction of sp³-hybridized carbons (Fsp3) is 0.125. The van der Waals surface area contributed by atoms with E-state index in [1.165, 1.54) is 0 Å². The molecule has 0 saturated carbocycles. The SMILES string of the molecule is COc1ccc(NC(=O)COC(=O)Cn2c3ccccc3c(=O)c3ccccc32)cc1. The van der Waals surface area contributed by atoms with Gasteiger partial charge in [-0.25, -0.2) is 0 Å². The molecule has 0 aliphatic heterocycles. The molecule has 4 aromatic rings. The highest BCUT2D eigenvalue weighted by Gasteiger charge is 2.14. The van der Waals surface area contributed by atoms with E-state index in [1.807, 2.05) is 0 Å². The van der Waals surface area contributed by atoms with Crippen LogP contribution in [0.3, 0.4) is 0 Å². The standard InChI is InChI=1S/C24H20N2O5/c1-30-17-12-10-16(11-13-17)25-22(27)15-31-23(28)14-26-20-8-4-2-6-18(20)24(29)19-7-3-5-9-21(19)26/h2-13H,14-15H2,1H3,(H,25,27). The van der Waals surface area contributed by atoms with E-state index in [0.29, 0.717) is 33.2 Å². The number of carbonyl (C=O) groups excluding carboxylic acids is 2. The van der Waals surface area contributed by atoms with Crippen LogP contribution < -0.4 is 15.5 Å². The van der Waals surface area contributed by atoms with Crippen LogP contribution in [-0.2, 0) is 20.9 Å². The molecule has 0 atom stereocenters. The van der Waals surface area contributed by atoms with E-state index >= 15 is 0 Å². The maximum absolute atomic E-state index is 12.8. The van der Waals surface area contributed by atoms with Gasteiger partial charge in [0.2, 0.25) is 0 Å². The van der Waals surface area contributed by atoms with Crippen molar-refractivity contribution in [3.8, 4) is 5.75 Å². The molecule has 0 spiro atoms. The van der Waals surface area contributed by atoms with Crippen molar-refractivity contribution in [2.75, 3.05) is 19.0 Å². The molecule has 1 heterocycles. The number of benzene rings is 3. The average Bonchev–Trinajstić information content (AvgIpc) is 2.81. The maximum atomic E-state index is 12.8. The Balaban J connectivity index is 1.50. The maximum Gasteiger partial charge on any atom is 0.326 e. The second kappa shape index (κ2) is 8.71. The van der Waals surface area contributed by atoms with Gasteiger partial charge < -0.3 is 19.4 Å². The van der Waals surface area contributed by atoms with Crippen molar-refractivity contribution >= 4 is 39.4 Å². The lowest BCUT2D eigenvalue weighted by atomic mass is 10.1. The van der Waals surface area contributed by atoms with Gasteiger partial charge >= 0.3 is 5.97 Å². The van der Waals surface area contributed by atoms with Crippen LogP contribution in [0.5, 0.6) is 5.75 Å². The molecule has 31 heavy (non-hydrogen) atoms. The number of aromatic nitrogens is 1. The van der Waals surface area contributed by atoms with Crippen LogP contribution in [-0.4, -0.2) is 30.2 Å². The minimum Gasteiger partial charge on any atom is -0.497 e. The van der Waals surface area contributed by atoms with Crippen molar-refractivity contribution in [2.24, 2.45) is 0 Å². The Morgan fingerprint density at radius 2 is 1.45 bits per heavy atom. The number of para-hydroxylation sites is 2. The summed E-state index contributed by atoms with van der Waals surface area (Å²) in [4.78, 5) is 37.4. The Kier molecular flexibility index (Phi) is 5.66. The van der Waals surface area contributed by atoms with Gasteiger partial charge in [-0.05, 0) is 48.5 Å². The third kappa shape index (κ3) is 4.25. The molecule has 0 bridgehead atoms. The quantitative estimate of drug-likeness (QED) is 0.385. The van der Waals surface area contributed by atoms with Gasteiger partial charge in [-0.2, -0.15) is 0 Å². The second-order valence-corrected chi connectivity index (χ2v) is 6.89. The van der Waals surface area contributed by atoms with Gasteiger partial charge in [-0.1, -0.05) is 24.3 Å².